The summed E-state index contributed by atoms with van der Waals surface area (Å²) in [6.45, 7) is 6.94. The number of nitrogens with two attached hydrogens (primary N) is 1. The van der Waals surface area contributed by atoms with Crippen molar-refractivity contribution in [3.05, 3.63) is 12.1 Å². The maximum Gasteiger partial charge on any atom is 0.163 e. The maximum absolute atomic E-state index is 6.17. The third-order valence-corrected chi connectivity index (χ3v) is 3.61. The summed E-state index contributed by atoms with van der Waals surface area (Å²) >= 11 is 0. The summed E-state index contributed by atoms with van der Waals surface area (Å²) in [5.74, 6) is 1.52. The highest BCUT2D eigenvalue weighted by atomic mass is 16.6. The monoisotopic (exact) mass is 264 g/mol. The molecule has 2 unspecified atom stereocenters. The molecule has 0 aliphatic carbocycles. The first-order valence-corrected chi connectivity index (χ1v) is 6.72. The average Bonchev–Trinajstić information content (AvgIpc) is 2.41. The summed E-state index contributed by atoms with van der Waals surface area (Å²) < 4.78 is 16.8. The van der Waals surface area contributed by atoms with Crippen LogP contribution in [0.2, 0.25) is 0 Å². The van der Waals surface area contributed by atoms with E-state index < -0.39 is 0 Å². The van der Waals surface area contributed by atoms with Gasteiger partial charge in [-0.05, 0) is 13.8 Å². The Labute approximate surface area is 113 Å². The van der Waals surface area contributed by atoms with Gasteiger partial charge in [0, 0.05) is 24.7 Å². The fourth-order valence-corrected chi connectivity index (χ4v) is 2.58. The molecule has 104 valence electrons. The molecule has 2 aliphatic rings. The molecule has 1 aromatic rings. The minimum atomic E-state index is 0.212. The van der Waals surface area contributed by atoms with Crippen LogP contribution < -0.4 is 20.1 Å². The van der Waals surface area contributed by atoms with Gasteiger partial charge in [0.1, 0.15) is 13.2 Å². The molecule has 0 bridgehead atoms. The molecular formula is C14H20N2O3. The van der Waals surface area contributed by atoms with Gasteiger partial charge < -0.3 is 24.8 Å². The first-order chi connectivity index (χ1) is 9.15. The number of anilines is 2. The molecule has 5 nitrogen and oxygen atoms in total. The molecule has 1 aromatic carbocycles. The van der Waals surface area contributed by atoms with Crippen molar-refractivity contribution in [1.29, 1.82) is 0 Å². The zero-order valence-electron chi connectivity index (χ0n) is 11.4. The molecule has 5 heteroatoms. The highest BCUT2D eigenvalue weighted by Gasteiger charge is 2.26. The van der Waals surface area contributed by atoms with E-state index in [2.05, 4.69) is 18.7 Å². The fraction of sp³-hybridized carbons (Fsp3) is 0.571. The lowest BCUT2D eigenvalue weighted by Crippen LogP contribution is -2.47. The van der Waals surface area contributed by atoms with Crippen molar-refractivity contribution >= 4 is 11.4 Å². The largest absolute Gasteiger partial charge is 0.486 e. The van der Waals surface area contributed by atoms with Crippen molar-refractivity contribution < 1.29 is 14.2 Å². The number of nitrogen functional groups attached to an aromatic ring is 1. The van der Waals surface area contributed by atoms with Crippen LogP contribution in [-0.2, 0) is 4.74 Å². The predicted molar refractivity (Wildman–Crippen MR) is 74.1 cm³/mol. The molecular weight excluding hydrogens is 244 g/mol. The molecule has 19 heavy (non-hydrogen) atoms. The molecule has 2 atom stereocenters. The normalized spacial score (nSPS) is 26.3. The van der Waals surface area contributed by atoms with E-state index in [9.17, 15) is 0 Å². The molecule has 2 heterocycles. The van der Waals surface area contributed by atoms with Crippen molar-refractivity contribution in [3.63, 3.8) is 0 Å². The van der Waals surface area contributed by atoms with Gasteiger partial charge in [-0.1, -0.05) is 0 Å². The average molecular weight is 264 g/mol. The quantitative estimate of drug-likeness (QED) is 0.782. The number of ether oxygens (including phenoxy) is 3. The summed E-state index contributed by atoms with van der Waals surface area (Å²) in [7, 11) is 0. The third-order valence-electron chi connectivity index (χ3n) is 3.61. The Morgan fingerprint density at radius 2 is 1.84 bits per heavy atom. The Balaban J connectivity index is 1.95. The van der Waals surface area contributed by atoms with Crippen LogP contribution in [0, 0.1) is 0 Å². The van der Waals surface area contributed by atoms with Gasteiger partial charge in [0.05, 0.1) is 24.1 Å². The zero-order valence-corrected chi connectivity index (χ0v) is 11.4. The van der Waals surface area contributed by atoms with Gasteiger partial charge in [-0.2, -0.15) is 0 Å². The lowest BCUT2D eigenvalue weighted by Gasteiger charge is -2.39. The minimum Gasteiger partial charge on any atom is -0.486 e. The molecule has 1 fully saturated rings. The highest BCUT2D eigenvalue weighted by Crippen LogP contribution is 2.39. The standard InChI is InChI=1S/C14H20N2O3/c1-9-8-19-10(2)7-16(9)12-6-14-13(5-11(12)15)17-3-4-18-14/h5-6,9-10H,3-4,7-8,15H2,1-2H3. The van der Waals surface area contributed by atoms with Crippen LogP contribution in [0.25, 0.3) is 0 Å². The first kappa shape index (κ1) is 12.4. The topological polar surface area (TPSA) is 57.0 Å². The van der Waals surface area contributed by atoms with Gasteiger partial charge in [0.25, 0.3) is 0 Å². The second kappa shape index (κ2) is 4.81. The number of fused-ring (bicyclic) bond motifs is 1. The molecule has 3 rings (SSSR count). The van der Waals surface area contributed by atoms with Crippen molar-refractivity contribution in [1.82, 2.24) is 0 Å². The fourth-order valence-electron chi connectivity index (χ4n) is 2.58. The van der Waals surface area contributed by atoms with Crippen LogP contribution >= 0.6 is 0 Å². The Morgan fingerprint density at radius 3 is 2.58 bits per heavy atom. The summed E-state index contributed by atoms with van der Waals surface area (Å²) in [4.78, 5) is 2.28. The molecule has 0 aromatic heterocycles. The Bertz CT molecular complexity index is 478. The Hall–Kier alpha value is -1.62. The van der Waals surface area contributed by atoms with E-state index in [4.69, 9.17) is 19.9 Å². The second-order valence-electron chi connectivity index (χ2n) is 5.20. The number of hydrogen-bond acceptors (Lipinski definition) is 5. The summed E-state index contributed by atoms with van der Waals surface area (Å²) in [6, 6.07) is 4.15. The highest BCUT2D eigenvalue weighted by molar-refractivity contribution is 5.73. The van der Waals surface area contributed by atoms with Gasteiger partial charge in [-0.15, -0.1) is 0 Å². The van der Waals surface area contributed by atoms with Crippen LogP contribution in [0.5, 0.6) is 11.5 Å². The van der Waals surface area contributed by atoms with E-state index in [0.717, 1.165) is 36.0 Å². The number of morpholine rings is 1. The van der Waals surface area contributed by atoms with Gasteiger partial charge in [0.15, 0.2) is 11.5 Å². The van der Waals surface area contributed by atoms with Crippen molar-refractivity contribution in [2.24, 2.45) is 0 Å². The predicted octanol–water partition coefficient (Wildman–Crippen LogP) is 1.65. The van der Waals surface area contributed by atoms with Crippen molar-refractivity contribution in [3.8, 4) is 11.5 Å². The number of hydrogen-bond donors (Lipinski definition) is 1. The van der Waals surface area contributed by atoms with Crippen LogP contribution in [0.1, 0.15) is 13.8 Å². The smallest absolute Gasteiger partial charge is 0.163 e. The first-order valence-electron chi connectivity index (χ1n) is 6.72. The number of rotatable bonds is 1. The number of nitrogens with zero attached hydrogens (tertiary/aromatic N) is 1. The van der Waals surface area contributed by atoms with Crippen molar-refractivity contribution in [2.45, 2.75) is 26.0 Å². The van der Waals surface area contributed by atoms with Gasteiger partial charge in [0.2, 0.25) is 0 Å². The third kappa shape index (κ3) is 2.30. The second-order valence-corrected chi connectivity index (χ2v) is 5.20. The van der Waals surface area contributed by atoms with Crippen LogP contribution in [0.4, 0.5) is 11.4 Å². The van der Waals surface area contributed by atoms with E-state index in [-0.39, 0.29) is 6.10 Å². The molecule has 2 aliphatic heterocycles. The lowest BCUT2D eigenvalue weighted by atomic mass is 10.1. The molecule has 0 amide bonds. The maximum atomic E-state index is 6.17. The van der Waals surface area contributed by atoms with E-state index >= 15 is 0 Å². The SMILES string of the molecule is CC1CN(c2cc3c(cc2N)OCCO3)C(C)CO1. The van der Waals surface area contributed by atoms with E-state index in [0.29, 0.717) is 19.3 Å². The molecule has 2 N–H and O–H groups in total. The van der Waals surface area contributed by atoms with Gasteiger partial charge >= 0.3 is 0 Å². The van der Waals surface area contributed by atoms with Gasteiger partial charge in [-0.25, -0.2) is 0 Å². The summed E-state index contributed by atoms with van der Waals surface area (Å²) in [5, 5.41) is 0. The summed E-state index contributed by atoms with van der Waals surface area (Å²) in [6.07, 6.45) is 0.212. The molecule has 0 saturated carbocycles. The zero-order chi connectivity index (χ0) is 13.4. The Morgan fingerprint density at radius 1 is 1.16 bits per heavy atom. The van der Waals surface area contributed by atoms with E-state index in [1.807, 2.05) is 12.1 Å². The minimum absolute atomic E-state index is 0.212. The van der Waals surface area contributed by atoms with Crippen LogP contribution in [-0.4, -0.2) is 38.5 Å². The number of benzene rings is 1. The van der Waals surface area contributed by atoms with E-state index in [1.165, 1.54) is 0 Å². The molecule has 1 saturated heterocycles. The van der Waals surface area contributed by atoms with E-state index in [1.54, 1.807) is 0 Å². The molecule has 0 radical (unpaired) electrons. The van der Waals surface area contributed by atoms with Gasteiger partial charge in [-0.3, -0.25) is 0 Å². The van der Waals surface area contributed by atoms with Crippen LogP contribution in [0.15, 0.2) is 12.1 Å². The van der Waals surface area contributed by atoms with Crippen molar-refractivity contribution in [2.75, 3.05) is 37.0 Å². The van der Waals surface area contributed by atoms with Crippen LogP contribution in [0.3, 0.4) is 0 Å². The Kier molecular flexibility index (Phi) is 3.14. The molecule has 0 spiro atoms. The lowest BCUT2D eigenvalue weighted by molar-refractivity contribution is 0.0344. The summed E-state index contributed by atoms with van der Waals surface area (Å²) in [5.41, 5.74) is 7.90.